The summed E-state index contributed by atoms with van der Waals surface area (Å²) < 4.78 is 0. The summed E-state index contributed by atoms with van der Waals surface area (Å²) >= 11 is 0. The summed E-state index contributed by atoms with van der Waals surface area (Å²) in [6.45, 7) is 3.72. The van der Waals surface area contributed by atoms with E-state index in [1.807, 2.05) is 31.2 Å². The van der Waals surface area contributed by atoms with E-state index in [-0.39, 0.29) is 18.0 Å². The average Bonchev–Trinajstić information content (AvgIpc) is 2.76. The van der Waals surface area contributed by atoms with Crippen LogP contribution in [0.5, 0.6) is 0 Å². The molecule has 2 aliphatic heterocycles. The maximum Gasteiger partial charge on any atom is 0.325 e. The highest BCUT2D eigenvalue weighted by molar-refractivity contribution is 6.05. The summed E-state index contributed by atoms with van der Waals surface area (Å²) in [6, 6.07) is 6.97. The second-order valence-electron chi connectivity index (χ2n) is 5.48. The van der Waals surface area contributed by atoms with E-state index in [2.05, 4.69) is 10.6 Å². The van der Waals surface area contributed by atoms with Crippen LogP contribution in [-0.4, -0.2) is 36.0 Å². The summed E-state index contributed by atoms with van der Waals surface area (Å²) in [5.41, 5.74) is 1.99. The van der Waals surface area contributed by atoms with E-state index in [1.165, 1.54) is 4.90 Å². The first-order valence-corrected chi connectivity index (χ1v) is 7.07. The van der Waals surface area contributed by atoms with Gasteiger partial charge in [-0.25, -0.2) is 4.79 Å². The van der Waals surface area contributed by atoms with Crippen molar-refractivity contribution in [3.63, 3.8) is 0 Å². The summed E-state index contributed by atoms with van der Waals surface area (Å²) in [5.74, 6) is -0.120. The maximum absolute atomic E-state index is 12.5. The predicted molar refractivity (Wildman–Crippen MR) is 75.2 cm³/mol. The molecule has 1 atom stereocenters. The first-order chi connectivity index (χ1) is 9.66. The fourth-order valence-electron chi connectivity index (χ4n) is 2.89. The second kappa shape index (κ2) is 5.25. The minimum absolute atomic E-state index is 0.0270. The molecule has 2 aliphatic rings. The van der Waals surface area contributed by atoms with Crippen molar-refractivity contribution in [2.24, 2.45) is 0 Å². The summed E-state index contributed by atoms with van der Waals surface area (Å²) in [6.07, 6.45) is 1.67. The third kappa shape index (κ3) is 2.29. The summed E-state index contributed by atoms with van der Waals surface area (Å²) in [7, 11) is 0. The number of imide groups is 1. The molecule has 5 nitrogen and oxygen atoms in total. The van der Waals surface area contributed by atoms with Crippen LogP contribution < -0.4 is 10.6 Å². The van der Waals surface area contributed by atoms with Crippen molar-refractivity contribution in [1.29, 1.82) is 0 Å². The van der Waals surface area contributed by atoms with Crippen molar-refractivity contribution >= 4 is 11.9 Å². The molecule has 0 saturated carbocycles. The lowest BCUT2D eigenvalue weighted by Gasteiger charge is -2.29. The minimum atomic E-state index is -0.530. The van der Waals surface area contributed by atoms with Gasteiger partial charge in [-0.2, -0.15) is 0 Å². The van der Waals surface area contributed by atoms with Gasteiger partial charge in [-0.05, 0) is 38.4 Å². The Morgan fingerprint density at radius 2 is 1.75 bits per heavy atom. The maximum atomic E-state index is 12.5. The van der Waals surface area contributed by atoms with Crippen LogP contribution in [0.25, 0.3) is 0 Å². The number of carbonyl (C=O) groups excluding carboxylic acids is 2. The Morgan fingerprint density at radius 1 is 1.10 bits per heavy atom. The third-order valence-electron chi connectivity index (χ3n) is 4.06. The summed E-state index contributed by atoms with van der Waals surface area (Å²) in [5, 5.41) is 6.05. The van der Waals surface area contributed by atoms with E-state index in [9.17, 15) is 9.59 Å². The van der Waals surface area contributed by atoms with Crippen LogP contribution in [0.3, 0.4) is 0 Å². The molecule has 106 valence electrons. The zero-order chi connectivity index (χ0) is 14.1. The molecule has 0 radical (unpaired) electrons. The predicted octanol–water partition coefficient (Wildman–Crippen LogP) is 1.34. The lowest BCUT2D eigenvalue weighted by molar-refractivity contribution is -0.129. The Kier molecular flexibility index (Phi) is 3.44. The highest BCUT2D eigenvalue weighted by Crippen LogP contribution is 2.26. The molecule has 3 amide bonds. The van der Waals surface area contributed by atoms with Gasteiger partial charge in [0.25, 0.3) is 5.91 Å². The van der Waals surface area contributed by atoms with Gasteiger partial charge in [0.2, 0.25) is 0 Å². The van der Waals surface area contributed by atoms with Crippen LogP contribution in [0.4, 0.5) is 4.79 Å². The molecule has 0 aromatic heterocycles. The summed E-state index contributed by atoms with van der Waals surface area (Å²) in [4.78, 5) is 26.1. The van der Waals surface area contributed by atoms with E-state index < -0.39 is 6.04 Å². The molecule has 2 fully saturated rings. The number of piperidine rings is 1. The van der Waals surface area contributed by atoms with Crippen LogP contribution in [0, 0.1) is 6.92 Å². The van der Waals surface area contributed by atoms with Crippen molar-refractivity contribution in [3.05, 3.63) is 35.4 Å². The minimum Gasteiger partial charge on any atom is -0.322 e. The smallest absolute Gasteiger partial charge is 0.322 e. The standard InChI is InChI=1S/C15H19N3O2/c1-10-2-4-11(5-3-10)13-14(19)18(15(20)17-13)12-6-8-16-9-7-12/h2-5,12-13,16H,6-9H2,1H3,(H,17,20). The molecule has 1 aromatic rings. The molecule has 2 heterocycles. The van der Waals surface area contributed by atoms with Gasteiger partial charge in [0.1, 0.15) is 6.04 Å². The molecule has 2 saturated heterocycles. The van der Waals surface area contributed by atoms with Gasteiger partial charge in [-0.1, -0.05) is 29.8 Å². The number of carbonyl (C=O) groups is 2. The number of amides is 3. The number of rotatable bonds is 2. The Morgan fingerprint density at radius 3 is 2.40 bits per heavy atom. The number of hydrogen-bond acceptors (Lipinski definition) is 3. The molecule has 0 bridgehead atoms. The van der Waals surface area contributed by atoms with Crippen molar-refractivity contribution < 1.29 is 9.59 Å². The monoisotopic (exact) mass is 273 g/mol. The number of nitrogens with one attached hydrogen (secondary N) is 2. The SMILES string of the molecule is Cc1ccc(C2NC(=O)N(C3CCNCC3)C2=O)cc1. The second-order valence-corrected chi connectivity index (χ2v) is 5.48. The quantitative estimate of drug-likeness (QED) is 0.799. The van der Waals surface area contributed by atoms with Gasteiger partial charge in [0, 0.05) is 6.04 Å². The fourth-order valence-corrected chi connectivity index (χ4v) is 2.89. The lowest BCUT2D eigenvalue weighted by atomic mass is 10.0. The van der Waals surface area contributed by atoms with Crippen molar-refractivity contribution in [3.8, 4) is 0 Å². The number of hydrogen-bond donors (Lipinski definition) is 2. The first-order valence-electron chi connectivity index (χ1n) is 7.07. The van der Waals surface area contributed by atoms with Crippen molar-refractivity contribution in [2.75, 3.05) is 13.1 Å². The van der Waals surface area contributed by atoms with Crippen molar-refractivity contribution in [2.45, 2.75) is 31.8 Å². The molecule has 20 heavy (non-hydrogen) atoms. The van der Waals surface area contributed by atoms with Crippen LogP contribution in [0.1, 0.15) is 30.0 Å². The van der Waals surface area contributed by atoms with Crippen LogP contribution in [-0.2, 0) is 4.79 Å². The van der Waals surface area contributed by atoms with Gasteiger partial charge >= 0.3 is 6.03 Å². The van der Waals surface area contributed by atoms with Gasteiger partial charge in [-0.15, -0.1) is 0 Å². The fraction of sp³-hybridized carbons (Fsp3) is 0.467. The Labute approximate surface area is 118 Å². The van der Waals surface area contributed by atoms with Gasteiger partial charge in [0.05, 0.1) is 0 Å². The third-order valence-corrected chi connectivity index (χ3v) is 4.06. The first kappa shape index (κ1) is 13.1. The van der Waals surface area contributed by atoms with Gasteiger partial charge < -0.3 is 10.6 Å². The number of urea groups is 1. The van der Waals surface area contributed by atoms with Gasteiger partial charge in [-0.3, -0.25) is 9.69 Å². The highest BCUT2D eigenvalue weighted by atomic mass is 16.2. The van der Waals surface area contributed by atoms with Gasteiger partial charge in [0.15, 0.2) is 0 Å². The molecule has 5 heteroatoms. The molecule has 3 rings (SSSR count). The van der Waals surface area contributed by atoms with E-state index in [0.29, 0.717) is 0 Å². The molecule has 2 N–H and O–H groups in total. The molecule has 0 aliphatic carbocycles. The largest absolute Gasteiger partial charge is 0.325 e. The molecule has 1 unspecified atom stereocenters. The van der Waals surface area contributed by atoms with E-state index in [4.69, 9.17) is 0 Å². The van der Waals surface area contributed by atoms with E-state index in [1.54, 1.807) is 0 Å². The highest BCUT2D eigenvalue weighted by Gasteiger charge is 2.42. The number of aryl methyl sites for hydroxylation is 1. The Hall–Kier alpha value is -1.88. The van der Waals surface area contributed by atoms with Crippen LogP contribution in [0.15, 0.2) is 24.3 Å². The van der Waals surface area contributed by atoms with Crippen molar-refractivity contribution in [1.82, 2.24) is 15.5 Å². The van der Waals surface area contributed by atoms with Crippen LogP contribution >= 0.6 is 0 Å². The lowest BCUT2D eigenvalue weighted by Crippen LogP contribution is -2.46. The zero-order valence-electron chi connectivity index (χ0n) is 11.6. The molecular formula is C15H19N3O2. The molecule has 0 spiro atoms. The number of benzene rings is 1. The average molecular weight is 273 g/mol. The van der Waals surface area contributed by atoms with Crippen LogP contribution in [0.2, 0.25) is 0 Å². The molecular weight excluding hydrogens is 254 g/mol. The molecule has 1 aromatic carbocycles. The Bertz CT molecular complexity index is 520. The van der Waals surface area contributed by atoms with E-state index in [0.717, 1.165) is 37.1 Å². The van der Waals surface area contributed by atoms with E-state index >= 15 is 0 Å². The normalized spacial score (nSPS) is 24.1. The topological polar surface area (TPSA) is 61.4 Å². The Balaban J connectivity index is 1.80. The zero-order valence-corrected chi connectivity index (χ0v) is 11.6. The number of nitrogens with zero attached hydrogens (tertiary/aromatic N) is 1.